The van der Waals surface area contributed by atoms with Gasteiger partial charge < -0.3 is 4.90 Å². The zero-order chi connectivity index (χ0) is 14.0. The zero-order valence-corrected chi connectivity index (χ0v) is 12.7. The molecular formula is C14H17NO2S2. The summed E-state index contributed by atoms with van der Waals surface area (Å²) in [5, 5.41) is 1.73. The normalized spacial score (nSPS) is 11.7. The molecule has 5 heteroatoms. The fourth-order valence-corrected chi connectivity index (χ4v) is 4.14. The molecule has 0 aliphatic heterocycles. The fourth-order valence-electron chi connectivity index (χ4n) is 2.16. The number of anilines is 1. The molecule has 0 radical (unpaired) electrons. The largest absolute Gasteiger partial charge is 0.377 e. The summed E-state index contributed by atoms with van der Waals surface area (Å²) in [7, 11) is 0.622. The lowest BCUT2D eigenvalue weighted by atomic mass is 10.1. The van der Waals surface area contributed by atoms with Gasteiger partial charge in [-0.1, -0.05) is 24.3 Å². The van der Waals surface area contributed by atoms with Crippen LogP contribution in [0.4, 0.5) is 5.69 Å². The molecule has 0 fully saturated rings. The van der Waals surface area contributed by atoms with Gasteiger partial charge in [0.15, 0.2) is 9.84 Å². The average molecular weight is 295 g/mol. The van der Waals surface area contributed by atoms with Gasteiger partial charge in [-0.05, 0) is 12.1 Å². The Kier molecular flexibility index (Phi) is 4.06. The third-order valence-corrected chi connectivity index (χ3v) is 5.33. The molecule has 0 bridgehead atoms. The molecule has 0 N–H and O–H groups in total. The van der Waals surface area contributed by atoms with Gasteiger partial charge in [0.05, 0.1) is 10.6 Å². The molecule has 0 heterocycles. The number of hydrogen-bond donors (Lipinski definition) is 1. The van der Waals surface area contributed by atoms with Gasteiger partial charge in [0.25, 0.3) is 0 Å². The van der Waals surface area contributed by atoms with Crippen molar-refractivity contribution in [3.05, 3.63) is 36.4 Å². The molecule has 0 aromatic heterocycles. The van der Waals surface area contributed by atoms with Crippen LogP contribution >= 0.6 is 12.6 Å². The van der Waals surface area contributed by atoms with E-state index in [0.29, 0.717) is 10.6 Å². The van der Waals surface area contributed by atoms with Crippen molar-refractivity contribution in [1.82, 2.24) is 0 Å². The molecule has 19 heavy (non-hydrogen) atoms. The van der Waals surface area contributed by atoms with Crippen LogP contribution < -0.4 is 4.90 Å². The summed E-state index contributed by atoms with van der Waals surface area (Å²) >= 11 is 4.02. The molecule has 102 valence electrons. The monoisotopic (exact) mass is 295 g/mol. The van der Waals surface area contributed by atoms with E-state index in [0.717, 1.165) is 16.5 Å². The first kappa shape index (κ1) is 14.2. The quantitative estimate of drug-likeness (QED) is 0.881. The minimum absolute atomic E-state index is 0.0570. The highest BCUT2D eigenvalue weighted by molar-refractivity contribution is 7.92. The Morgan fingerprint density at radius 3 is 2.32 bits per heavy atom. The molecule has 0 aliphatic rings. The first-order valence-corrected chi connectivity index (χ1v) is 8.28. The topological polar surface area (TPSA) is 37.4 Å². The number of nitrogens with zero attached hydrogens (tertiary/aromatic N) is 1. The average Bonchev–Trinajstić information content (AvgIpc) is 2.37. The summed E-state index contributed by atoms with van der Waals surface area (Å²) in [6, 6.07) is 11.1. The summed E-state index contributed by atoms with van der Waals surface area (Å²) in [6.45, 7) is 0. The summed E-state index contributed by atoms with van der Waals surface area (Å²) in [5.41, 5.74) is 1.01. The maximum Gasteiger partial charge on any atom is 0.179 e. The van der Waals surface area contributed by atoms with E-state index in [1.165, 1.54) is 0 Å². The van der Waals surface area contributed by atoms with Crippen LogP contribution in [0.25, 0.3) is 10.8 Å². The molecule has 0 saturated carbocycles. The van der Waals surface area contributed by atoms with Crippen LogP contribution in [-0.2, 0) is 9.84 Å². The van der Waals surface area contributed by atoms with E-state index in [1.807, 2.05) is 43.3 Å². The van der Waals surface area contributed by atoms with Crippen molar-refractivity contribution < 1.29 is 8.42 Å². The molecule has 2 aromatic carbocycles. The number of rotatable bonds is 4. The predicted molar refractivity (Wildman–Crippen MR) is 84.2 cm³/mol. The lowest BCUT2D eigenvalue weighted by molar-refractivity contribution is 0.598. The first-order valence-electron chi connectivity index (χ1n) is 6.00. The highest BCUT2D eigenvalue weighted by Crippen LogP contribution is 2.30. The first-order chi connectivity index (χ1) is 8.97. The second-order valence-electron chi connectivity index (χ2n) is 4.57. The molecule has 0 saturated heterocycles. The summed E-state index contributed by atoms with van der Waals surface area (Å²) in [4.78, 5) is 2.37. The molecule has 0 atom stereocenters. The Morgan fingerprint density at radius 2 is 1.68 bits per heavy atom. The van der Waals surface area contributed by atoms with Crippen molar-refractivity contribution in [2.45, 2.75) is 4.90 Å². The van der Waals surface area contributed by atoms with Gasteiger partial charge in [-0.2, -0.15) is 12.6 Å². The highest BCUT2D eigenvalue weighted by atomic mass is 32.2. The Labute approximate surface area is 119 Å². The number of benzene rings is 2. The Morgan fingerprint density at radius 1 is 1.05 bits per heavy atom. The smallest absolute Gasteiger partial charge is 0.179 e. The minimum atomic E-state index is -3.27. The molecule has 0 amide bonds. The van der Waals surface area contributed by atoms with Crippen molar-refractivity contribution in [3.63, 3.8) is 0 Å². The molecular weight excluding hydrogens is 278 g/mol. The lowest BCUT2D eigenvalue weighted by Crippen LogP contribution is -2.11. The number of sulfone groups is 1. The third-order valence-electron chi connectivity index (χ3n) is 3.04. The van der Waals surface area contributed by atoms with Gasteiger partial charge in [0.1, 0.15) is 0 Å². The van der Waals surface area contributed by atoms with Gasteiger partial charge in [-0.3, -0.25) is 0 Å². The van der Waals surface area contributed by atoms with E-state index in [9.17, 15) is 8.42 Å². The SMILES string of the molecule is CN(C)c1cccc2c(S(=O)(=O)CCS)cccc12. The summed E-state index contributed by atoms with van der Waals surface area (Å²) in [6.07, 6.45) is 0. The third kappa shape index (κ3) is 2.72. The molecule has 0 aliphatic carbocycles. The fraction of sp³-hybridized carbons (Fsp3) is 0.286. The second kappa shape index (κ2) is 5.43. The van der Waals surface area contributed by atoms with Gasteiger partial charge in [-0.25, -0.2) is 8.42 Å². The lowest BCUT2D eigenvalue weighted by Gasteiger charge is -2.16. The van der Waals surface area contributed by atoms with Gasteiger partial charge in [0, 0.05) is 36.3 Å². The van der Waals surface area contributed by atoms with Crippen molar-refractivity contribution in [2.75, 3.05) is 30.5 Å². The second-order valence-corrected chi connectivity index (χ2v) is 7.09. The van der Waals surface area contributed by atoms with Crippen LogP contribution in [-0.4, -0.2) is 34.0 Å². The van der Waals surface area contributed by atoms with Crippen LogP contribution in [0.3, 0.4) is 0 Å². The van der Waals surface area contributed by atoms with Crippen molar-refractivity contribution in [2.24, 2.45) is 0 Å². The summed E-state index contributed by atoms with van der Waals surface area (Å²) in [5.74, 6) is 0.382. The molecule has 2 rings (SSSR count). The van der Waals surface area contributed by atoms with E-state index < -0.39 is 9.84 Å². The van der Waals surface area contributed by atoms with Gasteiger partial charge in [-0.15, -0.1) is 0 Å². The number of thiol groups is 1. The molecule has 3 nitrogen and oxygen atoms in total. The maximum atomic E-state index is 12.3. The van der Waals surface area contributed by atoms with Crippen LogP contribution in [0.1, 0.15) is 0 Å². The van der Waals surface area contributed by atoms with Gasteiger partial charge in [0.2, 0.25) is 0 Å². The van der Waals surface area contributed by atoms with E-state index in [2.05, 4.69) is 12.6 Å². The van der Waals surface area contributed by atoms with Crippen molar-refractivity contribution in [3.8, 4) is 0 Å². The molecule has 0 unspecified atom stereocenters. The number of fused-ring (bicyclic) bond motifs is 1. The maximum absolute atomic E-state index is 12.3. The van der Waals surface area contributed by atoms with Crippen LogP contribution in [0.15, 0.2) is 41.3 Å². The molecule has 2 aromatic rings. The minimum Gasteiger partial charge on any atom is -0.377 e. The van der Waals surface area contributed by atoms with Crippen LogP contribution in [0.5, 0.6) is 0 Å². The Bertz CT molecular complexity index is 694. The van der Waals surface area contributed by atoms with Crippen molar-refractivity contribution in [1.29, 1.82) is 0 Å². The predicted octanol–water partition coefficient (Wildman–Crippen LogP) is 2.61. The van der Waals surface area contributed by atoms with Crippen LogP contribution in [0, 0.1) is 0 Å². The molecule has 0 spiro atoms. The van der Waals surface area contributed by atoms with Gasteiger partial charge >= 0.3 is 0 Å². The van der Waals surface area contributed by atoms with E-state index in [1.54, 1.807) is 12.1 Å². The highest BCUT2D eigenvalue weighted by Gasteiger charge is 2.17. The Hall–Kier alpha value is -1.20. The summed E-state index contributed by atoms with van der Waals surface area (Å²) < 4.78 is 24.5. The zero-order valence-electron chi connectivity index (χ0n) is 11.0. The van der Waals surface area contributed by atoms with E-state index in [4.69, 9.17) is 0 Å². The van der Waals surface area contributed by atoms with E-state index in [-0.39, 0.29) is 5.75 Å². The standard InChI is InChI=1S/C14H17NO2S2/c1-15(2)13-7-3-6-12-11(13)5-4-8-14(12)19(16,17)10-9-18/h3-8,18H,9-10H2,1-2H3. The Balaban J connectivity index is 2.75. The van der Waals surface area contributed by atoms with E-state index >= 15 is 0 Å². The van der Waals surface area contributed by atoms with Crippen molar-refractivity contribution >= 4 is 38.9 Å². The number of hydrogen-bond acceptors (Lipinski definition) is 4. The van der Waals surface area contributed by atoms with Crippen LogP contribution in [0.2, 0.25) is 0 Å².